The van der Waals surface area contributed by atoms with Crippen LogP contribution in [0.3, 0.4) is 0 Å². The van der Waals surface area contributed by atoms with Gasteiger partial charge in [0, 0.05) is 11.6 Å². The van der Waals surface area contributed by atoms with Gasteiger partial charge in [0.15, 0.2) is 0 Å². The Balaban J connectivity index is 2.59. The molecule has 0 aliphatic heterocycles. The Kier molecular flexibility index (Phi) is 3.24. The molecule has 0 unspecified atom stereocenters. The van der Waals surface area contributed by atoms with Gasteiger partial charge < -0.3 is 4.74 Å². The highest BCUT2D eigenvalue weighted by atomic mass is 19.1. The van der Waals surface area contributed by atoms with Gasteiger partial charge in [0.2, 0.25) is 0 Å². The van der Waals surface area contributed by atoms with Crippen molar-refractivity contribution in [3.63, 3.8) is 0 Å². The summed E-state index contributed by atoms with van der Waals surface area (Å²) in [7, 11) is 1.53. The fraction of sp³-hybridized carbons (Fsp3) is 0.0714. The molecule has 0 atom stereocenters. The minimum absolute atomic E-state index is 0.165. The van der Waals surface area contributed by atoms with Crippen molar-refractivity contribution in [3.8, 4) is 22.9 Å². The summed E-state index contributed by atoms with van der Waals surface area (Å²) < 4.78 is 31.7. The lowest BCUT2D eigenvalue weighted by atomic mass is 9.99. The molecule has 0 N–H and O–H groups in total. The van der Waals surface area contributed by atoms with Crippen LogP contribution in [0, 0.1) is 23.0 Å². The molecule has 0 amide bonds. The number of hydrogen-bond acceptors (Lipinski definition) is 2. The Hall–Kier alpha value is -2.41. The maximum atomic E-state index is 13.5. The lowest BCUT2D eigenvalue weighted by Crippen LogP contribution is -1.92. The molecule has 0 spiro atoms. The van der Waals surface area contributed by atoms with E-state index in [1.54, 1.807) is 30.3 Å². The third-order valence-electron chi connectivity index (χ3n) is 2.57. The molecule has 18 heavy (non-hydrogen) atoms. The van der Waals surface area contributed by atoms with Crippen molar-refractivity contribution in [1.29, 1.82) is 5.26 Å². The number of hydrogen-bond donors (Lipinski definition) is 0. The van der Waals surface area contributed by atoms with Gasteiger partial charge in [-0.3, -0.25) is 0 Å². The van der Waals surface area contributed by atoms with Gasteiger partial charge in [-0.05, 0) is 23.8 Å². The molecule has 4 heteroatoms. The van der Waals surface area contributed by atoms with E-state index in [-0.39, 0.29) is 11.1 Å². The van der Waals surface area contributed by atoms with E-state index in [4.69, 9.17) is 10.00 Å². The Labute approximate surface area is 103 Å². The molecule has 2 nitrogen and oxygen atoms in total. The molecule has 0 bridgehead atoms. The minimum atomic E-state index is -0.858. The number of rotatable bonds is 2. The van der Waals surface area contributed by atoms with Gasteiger partial charge in [-0.2, -0.15) is 5.26 Å². The zero-order valence-corrected chi connectivity index (χ0v) is 9.58. The van der Waals surface area contributed by atoms with Gasteiger partial charge in [0.05, 0.1) is 12.7 Å². The molecule has 0 heterocycles. The first-order valence-corrected chi connectivity index (χ1v) is 5.19. The molecule has 90 valence electrons. The standard InChI is InChI=1S/C14H9F2NO/c1-18-11-4-2-9(3-5-11)12-6-10(15)7-14(16)13(12)8-17/h2-7H,1H3. The molecule has 0 aliphatic carbocycles. The van der Waals surface area contributed by atoms with E-state index < -0.39 is 11.6 Å². The van der Waals surface area contributed by atoms with Crippen LogP contribution in [0.15, 0.2) is 36.4 Å². The van der Waals surface area contributed by atoms with E-state index in [2.05, 4.69) is 0 Å². The summed E-state index contributed by atoms with van der Waals surface area (Å²) in [4.78, 5) is 0. The summed E-state index contributed by atoms with van der Waals surface area (Å²) >= 11 is 0. The monoisotopic (exact) mass is 245 g/mol. The molecule has 0 radical (unpaired) electrons. The van der Waals surface area contributed by atoms with E-state index >= 15 is 0 Å². The fourth-order valence-electron chi connectivity index (χ4n) is 1.69. The van der Waals surface area contributed by atoms with E-state index in [0.29, 0.717) is 17.4 Å². The fourth-order valence-corrected chi connectivity index (χ4v) is 1.69. The van der Waals surface area contributed by atoms with Crippen LogP contribution in [0.1, 0.15) is 5.56 Å². The number of nitriles is 1. The van der Waals surface area contributed by atoms with Crippen LogP contribution in [-0.2, 0) is 0 Å². The first-order chi connectivity index (χ1) is 8.65. The summed E-state index contributed by atoms with van der Waals surface area (Å²) in [5.74, 6) is -0.935. The molecule has 0 fully saturated rings. The van der Waals surface area contributed by atoms with Crippen molar-refractivity contribution in [1.82, 2.24) is 0 Å². The van der Waals surface area contributed by atoms with Gasteiger partial charge >= 0.3 is 0 Å². The Bertz CT molecular complexity index is 615. The van der Waals surface area contributed by atoms with Crippen molar-refractivity contribution < 1.29 is 13.5 Å². The van der Waals surface area contributed by atoms with Crippen molar-refractivity contribution in [2.24, 2.45) is 0 Å². The summed E-state index contributed by atoms with van der Waals surface area (Å²) in [6.07, 6.45) is 0. The van der Waals surface area contributed by atoms with Crippen LogP contribution in [-0.4, -0.2) is 7.11 Å². The number of benzene rings is 2. The predicted octanol–water partition coefficient (Wildman–Crippen LogP) is 3.51. The lowest BCUT2D eigenvalue weighted by Gasteiger charge is -2.07. The topological polar surface area (TPSA) is 33.0 Å². The molecule has 0 aromatic heterocycles. The van der Waals surface area contributed by atoms with Crippen LogP contribution in [0.5, 0.6) is 5.75 Å². The highest BCUT2D eigenvalue weighted by Gasteiger charge is 2.12. The maximum absolute atomic E-state index is 13.5. The summed E-state index contributed by atoms with van der Waals surface area (Å²) in [5, 5.41) is 8.92. The van der Waals surface area contributed by atoms with Crippen molar-refractivity contribution in [3.05, 3.63) is 53.6 Å². The summed E-state index contributed by atoms with van der Waals surface area (Å²) in [5.41, 5.74) is 0.630. The normalized spacial score (nSPS) is 9.89. The third-order valence-corrected chi connectivity index (χ3v) is 2.57. The van der Waals surface area contributed by atoms with Crippen molar-refractivity contribution in [2.45, 2.75) is 0 Å². The van der Waals surface area contributed by atoms with E-state index in [1.165, 1.54) is 7.11 Å². The predicted molar refractivity (Wildman–Crippen MR) is 63.1 cm³/mol. The van der Waals surface area contributed by atoms with Gasteiger partial charge in [-0.1, -0.05) is 12.1 Å². The molecule has 2 aromatic carbocycles. The molecule has 0 saturated carbocycles. The zero-order chi connectivity index (χ0) is 13.1. The molecule has 0 aliphatic rings. The quantitative estimate of drug-likeness (QED) is 0.811. The first kappa shape index (κ1) is 12.1. The second kappa shape index (κ2) is 4.84. The van der Waals surface area contributed by atoms with Gasteiger partial charge in [-0.25, -0.2) is 8.78 Å². The first-order valence-electron chi connectivity index (χ1n) is 5.19. The molecular formula is C14H9F2NO. The second-order valence-electron chi connectivity index (χ2n) is 3.65. The number of nitrogens with zero attached hydrogens (tertiary/aromatic N) is 1. The molecule has 2 aromatic rings. The van der Waals surface area contributed by atoms with Crippen LogP contribution in [0.2, 0.25) is 0 Å². The highest BCUT2D eigenvalue weighted by Crippen LogP contribution is 2.28. The van der Waals surface area contributed by atoms with Crippen LogP contribution < -0.4 is 4.74 Å². The number of ether oxygens (including phenoxy) is 1. The Morgan fingerprint density at radius 2 is 1.78 bits per heavy atom. The highest BCUT2D eigenvalue weighted by molar-refractivity contribution is 5.71. The average molecular weight is 245 g/mol. The zero-order valence-electron chi connectivity index (χ0n) is 9.58. The van der Waals surface area contributed by atoms with Crippen LogP contribution >= 0.6 is 0 Å². The minimum Gasteiger partial charge on any atom is -0.497 e. The maximum Gasteiger partial charge on any atom is 0.144 e. The van der Waals surface area contributed by atoms with Gasteiger partial charge in [-0.15, -0.1) is 0 Å². The number of methoxy groups -OCH3 is 1. The van der Waals surface area contributed by atoms with E-state index in [0.717, 1.165) is 6.07 Å². The third kappa shape index (κ3) is 2.16. The summed E-state index contributed by atoms with van der Waals surface area (Å²) in [6.45, 7) is 0. The Morgan fingerprint density at radius 3 is 2.33 bits per heavy atom. The van der Waals surface area contributed by atoms with E-state index in [1.807, 2.05) is 0 Å². The van der Waals surface area contributed by atoms with Gasteiger partial charge in [0.1, 0.15) is 23.5 Å². The van der Waals surface area contributed by atoms with Crippen molar-refractivity contribution in [2.75, 3.05) is 7.11 Å². The number of halogens is 2. The Morgan fingerprint density at radius 1 is 1.11 bits per heavy atom. The smallest absolute Gasteiger partial charge is 0.144 e. The second-order valence-corrected chi connectivity index (χ2v) is 3.65. The van der Waals surface area contributed by atoms with Gasteiger partial charge in [0.25, 0.3) is 0 Å². The summed E-state index contributed by atoms with van der Waals surface area (Å²) in [6, 6.07) is 10.2. The lowest BCUT2D eigenvalue weighted by molar-refractivity contribution is 0.415. The molecular weight excluding hydrogens is 236 g/mol. The largest absolute Gasteiger partial charge is 0.497 e. The average Bonchev–Trinajstić information content (AvgIpc) is 2.38. The van der Waals surface area contributed by atoms with Crippen LogP contribution in [0.4, 0.5) is 8.78 Å². The molecule has 0 saturated heterocycles. The molecule has 2 rings (SSSR count). The van der Waals surface area contributed by atoms with Crippen LogP contribution in [0.25, 0.3) is 11.1 Å². The SMILES string of the molecule is COc1ccc(-c2cc(F)cc(F)c2C#N)cc1. The van der Waals surface area contributed by atoms with Crippen molar-refractivity contribution >= 4 is 0 Å². The van der Waals surface area contributed by atoms with E-state index in [9.17, 15) is 8.78 Å².